The second-order valence-corrected chi connectivity index (χ2v) is 6.63. The molecule has 3 aromatic carbocycles. The molecule has 0 amide bonds. The molecule has 1 heteroatoms. The molecule has 1 nitrogen and oxygen atoms in total. The summed E-state index contributed by atoms with van der Waals surface area (Å²) < 4.78 is 6.37. The van der Waals surface area contributed by atoms with Gasteiger partial charge in [0.2, 0.25) is 0 Å². The monoisotopic (exact) mass is 392 g/mol. The number of para-hydroxylation sites is 1. The SMILES string of the molecule is CC.CC.CC.CC(C)(C)Oc1c(-c2ccccc2)cccc1-c1ccccc1. The van der Waals surface area contributed by atoms with Gasteiger partial charge in [0.15, 0.2) is 0 Å². The molecule has 158 valence electrons. The molecule has 0 unspecified atom stereocenters. The van der Waals surface area contributed by atoms with E-state index in [1.165, 1.54) is 11.1 Å². The highest BCUT2D eigenvalue weighted by Crippen LogP contribution is 2.40. The number of rotatable bonds is 3. The van der Waals surface area contributed by atoms with Gasteiger partial charge in [-0.05, 0) is 31.9 Å². The van der Waals surface area contributed by atoms with Gasteiger partial charge in [-0.1, -0.05) is 120 Å². The summed E-state index contributed by atoms with van der Waals surface area (Å²) in [5, 5.41) is 0. The molecule has 0 spiro atoms. The van der Waals surface area contributed by atoms with Gasteiger partial charge in [-0.25, -0.2) is 0 Å². The molecule has 0 aliphatic rings. The molecular formula is C28H40O. The molecule has 0 aliphatic carbocycles. The van der Waals surface area contributed by atoms with E-state index in [-0.39, 0.29) is 5.60 Å². The molecule has 29 heavy (non-hydrogen) atoms. The van der Waals surface area contributed by atoms with E-state index in [9.17, 15) is 0 Å². The van der Waals surface area contributed by atoms with E-state index in [2.05, 4.69) is 87.5 Å². The maximum atomic E-state index is 6.37. The average molecular weight is 393 g/mol. The summed E-state index contributed by atoms with van der Waals surface area (Å²) in [5.41, 5.74) is 4.34. The molecule has 0 atom stereocenters. The minimum atomic E-state index is -0.256. The molecule has 0 saturated carbocycles. The summed E-state index contributed by atoms with van der Waals surface area (Å²) in [4.78, 5) is 0. The molecule has 3 rings (SSSR count). The summed E-state index contributed by atoms with van der Waals surface area (Å²) in [7, 11) is 0. The van der Waals surface area contributed by atoms with Crippen LogP contribution in [0.5, 0.6) is 5.75 Å². The van der Waals surface area contributed by atoms with Gasteiger partial charge < -0.3 is 4.74 Å². The van der Waals surface area contributed by atoms with Crippen molar-refractivity contribution in [3.05, 3.63) is 78.9 Å². The Morgan fingerprint density at radius 2 is 0.828 bits per heavy atom. The van der Waals surface area contributed by atoms with Gasteiger partial charge in [0.25, 0.3) is 0 Å². The molecule has 0 N–H and O–H groups in total. The highest BCUT2D eigenvalue weighted by atomic mass is 16.5. The molecule has 0 bridgehead atoms. The predicted octanol–water partition coefficient (Wildman–Crippen LogP) is 9.28. The highest BCUT2D eigenvalue weighted by molar-refractivity contribution is 5.82. The molecule has 0 aromatic heterocycles. The van der Waals surface area contributed by atoms with E-state index < -0.39 is 0 Å². The number of benzene rings is 3. The number of ether oxygens (including phenoxy) is 1. The first-order chi connectivity index (χ1) is 14.0. The molecule has 0 radical (unpaired) electrons. The van der Waals surface area contributed by atoms with Crippen LogP contribution in [-0.4, -0.2) is 5.60 Å². The van der Waals surface area contributed by atoms with Gasteiger partial charge in [0.05, 0.1) is 0 Å². The van der Waals surface area contributed by atoms with Crippen molar-refractivity contribution >= 4 is 0 Å². The fraction of sp³-hybridized carbons (Fsp3) is 0.357. The number of hydrogen-bond donors (Lipinski definition) is 0. The smallest absolute Gasteiger partial charge is 0.135 e. The zero-order valence-corrected chi connectivity index (χ0v) is 19.9. The third-order valence-electron chi connectivity index (χ3n) is 3.59. The van der Waals surface area contributed by atoms with E-state index in [1.54, 1.807) is 0 Å². The molecule has 3 aromatic rings. The Morgan fingerprint density at radius 3 is 1.14 bits per heavy atom. The van der Waals surface area contributed by atoms with Crippen LogP contribution in [0.2, 0.25) is 0 Å². The van der Waals surface area contributed by atoms with Crippen LogP contribution in [0.3, 0.4) is 0 Å². The van der Waals surface area contributed by atoms with Gasteiger partial charge in [-0.15, -0.1) is 0 Å². The maximum absolute atomic E-state index is 6.37. The largest absolute Gasteiger partial charge is 0.487 e. The van der Waals surface area contributed by atoms with E-state index in [0.29, 0.717) is 0 Å². The lowest BCUT2D eigenvalue weighted by Gasteiger charge is -2.26. The molecule has 0 aliphatic heterocycles. The van der Waals surface area contributed by atoms with Crippen LogP contribution in [0.15, 0.2) is 78.9 Å². The van der Waals surface area contributed by atoms with Crippen molar-refractivity contribution in [3.63, 3.8) is 0 Å². The summed E-state index contributed by atoms with van der Waals surface area (Å²) >= 11 is 0. The first kappa shape index (κ1) is 26.5. The van der Waals surface area contributed by atoms with Crippen molar-refractivity contribution in [3.8, 4) is 28.0 Å². The van der Waals surface area contributed by atoms with Crippen molar-refractivity contribution in [2.24, 2.45) is 0 Å². The minimum absolute atomic E-state index is 0.256. The van der Waals surface area contributed by atoms with Crippen molar-refractivity contribution < 1.29 is 4.74 Å². The fourth-order valence-corrected chi connectivity index (χ4v) is 2.64. The minimum Gasteiger partial charge on any atom is -0.487 e. The van der Waals surface area contributed by atoms with Crippen molar-refractivity contribution in [1.29, 1.82) is 0 Å². The lowest BCUT2D eigenvalue weighted by atomic mass is 9.97. The second-order valence-electron chi connectivity index (χ2n) is 6.63. The third-order valence-corrected chi connectivity index (χ3v) is 3.59. The van der Waals surface area contributed by atoms with E-state index in [4.69, 9.17) is 4.74 Å². The van der Waals surface area contributed by atoms with Crippen molar-refractivity contribution in [2.45, 2.75) is 67.9 Å². The zero-order chi connectivity index (χ0) is 22.3. The van der Waals surface area contributed by atoms with E-state index in [0.717, 1.165) is 16.9 Å². The van der Waals surface area contributed by atoms with Crippen LogP contribution >= 0.6 is 0 Å². The Bertz CT molecular complexity index is 711. The lowest BCUT2D eigenvalue weighted by Crippen LogP contribution is -2.23. The lowest BCUT2D eigenvalue weighted by molar-refractivity contribution is 0.132. The van der Waals surface area contributed by atoms with Gasteiger partial charge in [0, 0.05) is 11.1 Å². The fourth-order valence-electron chi connectivity index (χ4n) is 2.64. The van der Waals surface area contributed by atoms with Crippen molar-refractivity contribution in [1.82, 2.24) is 0 Å². The maximum Gasteiger partial charge on any atom is 0.135 e. The zero-order valence-electron chi connectivity index (χ0n) is 19.9. The molecule has 0 fully saturated rings. The summed E-state index contributed by atoms with van der Waals surface area (Å²) in [6.07, 6.45) is 0. The van der Waals surface area contributed by atoms with Gasteiger partial charge >= 0.3 is 0 Å². The Hall–Kier alpha value is -2.54. The summed E-state index contributed by atoms with van der Waals surface area (Å²) in [6, 6.07) is 27.2. The first-order valence-electron chi connectivity index (χ1n) is 11.0. The standard InChI is InChI=1S/C22H22O.3C2H6/c1-22(2,3)23-21-19(17-11-6-4-7-12-17)15-10-16-20(21)18-13-8-5-9-14-18;3*1-2/h4-16H,1-3H3;3*1-2H3. The third kappa shape index (κ3) is 8.56. The van der Waals surface area contributed by atoms with Crippen molar-refractivity contribution in [2.75, 3.05) is 0 Å². The van der Waals surface area contributed by atoms with Crippen LogP contribution < -0.4 is 4.74 Å². The Morgan fingerprint density at radius 1 is 0.483 bits per heavy atom. The first-order valence-corrected chi connectivity index (χ1v) is 11.0. The molecular weight excluding hydrogens is 352 g/mol. The number of hydrogen-bond acceptors (Lipinski definition) is 1. The van der Waals surface area contributed by atoms with Crippen LogP contribution in [0.4, 0.5) is 0 Å². The molecule has 0 heterocycles. The van der Waals surface area contributed by atoms with Crippen LogP contribution in [0.25, 0.3) is 22.3 Å². The highest BCUT2D eigenvalue weighted by Gasteiger charge is 2.19. The topological polar surface area (TPSA) is 9.23 Å². The average Bonchev–Trinajstić information content (AvgIpc) is 2.78. The summed E-state index contributed by atoms with van der Waals surface area (Å²) in [6.45, 7) is 18.3. The van der Waals surface area contributed by atoms with E-state index in [1.807, 2.05) is 53.7 Å². The van der Waals surface area contributed by atoms with Gasteiger partial charge in [-0.3, -0.25) is 0 Å². The van der Waals surface area contributed by atoms with Crippen LogP contribution in [0.1, 0.15) is 62.3 Å². The van der Waals surface area contributed by atoms with Gasteiger partial charge in [0.1, 0.15) is 11.4 Å². The Balaban J connectivity index is 0.00000120. The summed E-state index contributed by atoms with van der Waals surface area (Å²) in [5.74, 6) is 0.942. The predicted molar refractivity (Wildman–Crippen MR) is 132 cm³/mol. The Kier molecular flexibility index (Phi) is 13.2. The molecule has 0 saturated heterocycles. The normalized spacial score (nSPS) is 9.55. The quantitative estimate of drug-likeness (QED) is 0.431. The second kappa shape index (κ2) is 14.5. The Labute approximate surface area is 179 Å². The van der Waals surface area contributed by atoms with Crippen LogP contribution in [-0.2, 0) is 0 Å². The van der Waals surface area contributed by atoms with Gasteiger partial charge in [-0.2, -0.15) is 0 Å². The van der Waals surface area contributed by atoms with Crippen LogP contribution in [0, 0.1) is 0 Å². The van der Waals surface area contributed by atoms with E-state index >= 15 is 0 Å².